The maximum Gasteiger partial charge on any atom is 0.272 e. The fraction of sp³-hybridized carbons (Fsp3) is 0.412. The zero-order chi connectivity index (χ0) is 17.1. The third-order valence-corrected chi connectivity index (χ3v) is 4.25. The molecule has 1 aliphatic heterocycles. The molecule has 1 aromatic heterocycles. The van der Waals surface area contributed by atoms with Crippen molar-refractivity contribution in [1.82, 2.24) is 14.7 Å². The lowest BCUT2D eigenvalue weighted by Crippen LogP contribution is -2.33. The van der Waals surface area contributed by atoms with E-state index in [9.17, 15) is 14.3 Å². The molecular weight excluding hydrogens is 313 g/mol. The van der Waals surface area contributed by atoms with Crippen LogP contribution in [0.2, 0.25) is 0 Å². The number of nitrogens with zero attached hydrogens (tertiary/aromatic N) is 3. The molecule has 0 unspecified atom stereocenters. The van der Waals surface area contributed by atoms with E-state index < -0.39 is 18.0 Å². The van der Waals surface area contributed by atoms with E-state index in [1.807, 2.05) is 0 Å². The summed E-state index contributed by atoms with van der Waals surface area (Å²) >= 11 is 0. The summed E-state index contributed by atoms with van der Waals surface area (Å²) in [7, 11) is 1.71. The van der Waals surface area contributed by atoms with Gasteiger partial charge in [-0.15, -0.1) is 0 Å². The van der Waals surface area contributed by atoms with Gasteiger partial charge in [0.05, 0.1) is 6.10 Å². The van der Waals surface area contributed by atoms with Crippen LogP contribution in [0, 0.1) is 5.82 Å². The minimum atomic E-state index is -0.756. The lowest BCUT2D eigenvalue weighted by atomic mass is 10.1. The van der Waals surface area contributed by atoms with Crippen LogP contribution >= 0.6 is 0 Å². The molecule has 1 fully saturated rings. The van der Waals surface area contributed by atoms with Gasteiger partial charge in [-0.2, -0.15) is 5.10 Å². The van der Waals surface area contributed by atoms with Crippen molar-refractivity contribution in [3.63, 3.8) is 0 Å². The van der Waals surface area contributed by atoms with Crippen LogP contribution in [0.5, 0.6) is 5.75 Å². The van der Waals surface area contributed by atoms with Crippen LogP contribution in [0.1, 0.15) is 23.3 Å². The maximum atomic E-state index is 13.7. The Morgan fingerprint density at radius 3 is 2.75 bits per heavy atom. The number of likely N-dealkylation sites (tertiary alicyclic amines) is 1. The molecular formula is C17H20FN3O3. The number of rotatable bonds is 3. The van der Waals surface area contributed by atoms with Gasteiger partial charge in [-0.25, -0.2) is 4.39 Å². The first-order valence-corrected chi connectivity index (χ1v) is 7.93. The van der Waals surface area contributed by atoms with Gasteiger partial charge in [0.1, 0.15) is 11.8 Å². The molecule has 2 heterocycles. The molecule has 0 bridgehead atoms. The van der Waals surface area contributed by atoms with Crippen LogP contribution in [0.25, 0.3) is 0 Å². The molecule has 0 saturated carbocycles. The third kappa shape index (κ3) is 3.41. The predicted octanol–water partition coefficient (Wildman–Crippen LogP) is 1.60. The van der Waals surface area contributed by atoms with E-state index in [0.29, 0.717) is 31.6 Å². The van der Waals surface area contributed by atoms with E-state index >= 15 is 0 Å². The second-order valence-corrected chi connectivity index (χ2v) is 5.86. The van der Waals surface area contributed by atoms with Crippen molar-refractivity contribution in [2.45, 2.75) is 25.0 Å². The standard InChI is InChI=1S/C17H20FN3O3/c1-20-13(6-9-19-20)17(23)21-10-7-14(22)16(8-11-21)24-15-5-3-2-4-12(15)18/h2-6,9,14,16,22H,7-8,10-11H2,1H3/t14-,16-/m0/s1. The molecule has 1 amide bonds. The quantitative estimate of drug-likeness (QED) is 0.926. The Morgan fingerprint density at radius 1 is 1.29 bits per heavy atom. The molecule has 0 radical (unpaired) electrons. The Hall–Kier alpha value is -2.41. The first-order chi connectivity index (χ1) is 11.6. The van der Waals surface area contributed by atoms with Crippen molar-refractivity contribution in [2.24, 2.45) is 7.05 Å². The highest BCUT2D eigenvalue weighted by Crippen LogP contribution is 2.23. The van der Waals surface area contributed by atoms with Crippen molar-refractivity contribution in [2.75, 3.05) is 13.1 Å². The smallest absolute Gasteiger partial charge is 0.272 e. The summed E-state index contributed by atoms with van der Waals surface area (Å²) in [5, 5.41) is 14.3. The number of aliphatic hydroxyl groups excluding tert-OH is 1. The number of hydrogen-bond acceptors (Lipinski definition) is 4. The van der Waals surface area contributed by atoms with Crippen LogP contribution in [0.3, 0.4) is 0 Å². The number of aromatic nitrogens is 2. The van der Waals surface area contributed by atoms with Gasteiger partial charge in [-0.05, 0) is 24.6 Å². The molecule has 128 valence electrons. The van der Waals surface area contributed by atoms with Gasteiger partial charge in [0.2, 0.25) is 0 Å². The number of aliphatic hydroxyl groups is 1. The first-order valence-electron chi connectivity index (χ1n) is 7.93. The number of para-hydroxylation sites is 1. The van der Waals surface area contributed by atoms with Crippen molar-refractivity contribution >= 4 is 5.91 Å². The zero-order valence-electron chi connectivity index (χ0n) is 13.4. The highest BCUT2D eigenvalue weighted by molar-refractivity contribution is 5.92. The number of benzene rings is 1. The van der Waals surface area contributed by atoms with Crippen LogP contribution in [-0.2, 0) is 7.05 Å². The zero-order valence-corrected chi connectivity index (χ0v) is 13.4. The van der Waals surface area contributed by atoms with E-state index in [1.54, 1.807) is 36.3 Å². The van der Waals surface area contributed by atoms with Crippen molar-refractivity contribution in [3.8, 4) is 5.75 Å². The third-order valence-electron chi connectivity index (χ3n) is 4.25. The second kappa shape index (κ2) is 7.00. The Kier molecular flexibility index (Phi) is 4.80. The van der Waals surface area contributed by atoms with Gasteiger partial charge in [0, 0.05) is 32.8 Å². The highest BCUT2D eigenvalue weighted by Gasteiger charge is 2.30. The number of hydrogen-bond donors (Lipinski definition) is 1. The fourth-order valence-corrected chi connectivity index (χ4v) is 2.85. The van der Waals surface area contributed by atoms with Gasteiger partial charge < -0.3 is 14.7 Å². The van der Waals surface area contributed by atoms with Crippen LogP contribution < -0.4 is 4.74 Å². The molecule has 2 aromatic rings. The van der Waals surface area contributed by atoms with Gasteiger partial charge in [-0.3, -0.25) is 9.48 Å². The summed E-state index contributed by atoms with van der Waals surface area (Å²) < 4.78 is 20.9. The van der Waals surface area contributed by atoms with Crippen LogP contribution in [0.4, 0.5) is 4.39 Å². The molecule has 7 heteroatoms. The molecule has 0 spiro atoms. The fourth-order valence-electron chi connectivity index (χ4n) is 2.85. The summed E-state index contributed by atoms with van der Waals surface area (Å²) in [6.07, 6.45) is 1.08. The lowest BCUT2D eigenvalue weighted by molar-refractivity contribution is 0.0328. The van der Waals surface area contributed by atoms with E-state index in [0.717, 1.165) is 0 Å². The van der Waals surface area contributed by atoms with E-state index in [4.69, 9.17) is 4.74 Å². The SMILES string of the molecule is Cn1nccc1C(=O)N1CC[C@H](Oc2ccccc2F)[C@@H](O)CC1. The number of halogens is 1. The first kappa shape index (κ1) is 16.4. The Labute approximate surface area is 139 Å². The number of ether oxygens (including phenoxy) is 1. The summed E-state index contributed by atoms with van der Waals surface area (Å²) in [5.41, 5.74) is 0.498. The topological polar surface area (TPSA) is 67.6 Å². The second-order valence-electron chi connectivity index (χ2n) is 5.86. The predicted molar refractivity (Wildman–Crippen MR) is 85.2 cm³/mol. The molecule has 24 heavy (non-hydrogen) atoms. The highest BCUT2D eigenvalue weighted by atomic mass is 19.1. The lowest BCUT2D eigenvalue weighted by Gasteiger charge is -2.22. The van der Waals surface area contributed by atoms with Gasteiger partial charge in [0.25, 0.3) is 5.91 Å². The molecule has 1 aromatic carbocycles. The average Bonchev–Trinajstić information content (AvgIpc) is 2.91. The minimum absolute atomic E-state index is 0.118. The van der Waals surface area contributed by atoms with Crippen LogP contribution in [0.15, 0.2) is 36.5 Å². The number of amides is 1. The van der Waals surface area contributed by atoms with E-state index in [2.05, 4.69) is 5.10 Å². The average molecular weight is 333 g/mol. The van der Waals surface area contributed by atoms with Gasteiger partial charge in [0.15, 0.2) is 11.6 Å². The Balaban J connectivity index is 1.68. The molecule has 1 aliphatic rings. The monoisotopic (exact) mass is 333 g/mol. The number of carbonyl (C=O) groups is 1. The molecule has 2 atom stereocenters. The number of aryl methyl sites for hydroxylation is 1. The molecule has 0 aliphatic carbocycles. The normalized spacial score (nSPS) is 21.4. The summed E-state index contributed by atoms with van der Waals surface area (Å²) in [4.78, 5) is 14.2. The minimum Gasteiger partial charge on any atom is -0.485 e. The molecule has 3 rings (SSSR count). The van der Waals surface area contributed by atoms with Crippen molar-refractivity contribution in [1.29, 1.82) is 0 Å². The van der Waals surface area contributed by atoms with E-state index in [-0.39, 0.29) is 11.7 Å². The largest absolute Gasteiger partial charge is 0.485 e. The maximum absolute atomic E-state index is 13.7. The summed E-state index contributed by atoms with van der Waals surface area (Å²) in [5.74, 6) is -0.474. The molecule has 1 saturated heterocycles. The molecule has 1 N–H and O–H groups in total. The van der Waals surface area contributed by atoms with Gasteiger partial charge >= 0.3 is 0 Å². The van der Waals surface area contributed by atoms with Crippen molar-refractivity contribution < 1.29 is 19.0 Å². The van der Waals surface area contributed by atoms with Gasteiger partial charge in [-0.1, -0.05) is 12.1 Å². The summed E-state index contributed by atoms with van der Waals surface area (Å²) in [6.45, 7) is 0.850. The summed E-state index contributed by atoms with van der Waals surface area (Å²) in [6, 6.07) is 7.78. The van der Waals surface area contributed by atoms with Crippen molar-refractivity contribution in [3.05, 3.63) is 48.0 Å². The van der Waals surface area contributed by atoms with Crippen LogP contribution in [-0.4, -0.2) is 51.0 Å². The Morgan fingerprint density at radius 2 is 2.04 bits per heavy atom. The number of carbonyl (C=O) groups excluding carboxylic acids is 1. The molecule has 6 nitrogen and oxygen atoms in total. The van der Waals surface area contributed by atoms with E-state index in [1.165, 1.54) is 16.8 Å². The Bertz CT molecular complexity index is 719.